The molecule has 1 heterocycles. The molecule has 1 atom stereocenters. The summed E-state index contributed by atoms with van der Waals surface area (Å²) in [5, 5.41) is 3.67. The molecule has 2 spiro atoms. The maximum atomic E-state index is 3.67. The Kier molecular flexibility index (Phi) is 3.57. The number of benzene rings is 1. The summed E-state index contributed by atoms with van der Waals surface area (Å²) in [5.74, 6) is 0.742. The van der Waals surface area contributed by atoms with Crippen LogP contribution in [0.4, 0.5) is 0 Å². The number of rotatable bonds is 1. The lowest BCUT2D eigenvalue weighted by atomic mass is 9.55. The van der Waals surface area contributed by atoms with Crippen LogP contribution in [0.3, 0.4) is 0 Å². The third-order valence-corrected chi connectivity index (χ3v) is 7.06. The van der Waals surface area contributed by atoms with E-state index < -0.39 is 0 Å². The molecule has 1 N–H and O–H groups in total. The highest BCUT2D eigenvalue weighted by atomic mass is 14.9. The van der Waals surface area contributed by atoms with E-state index in [9.17, 15) is 0 Å². The van der Waals surface area contributed by atoms with Crippen molar-refractivity contribution in [3.05, 3.63) is 35.9 Å². The van der Waals surface area contributed by atoms with Crippen molar-refractivity contribution in [3.63, 3.8) is 0 Å². The molecule has 0 aromatic heterocycles. The first-order valence-electron chi connectivity index (χ1n) is 9.08. The third-order valence-electron chi connectivity index (χ3n) is 7.06. The van der Waals surface area contributed by atoms with Gasteiger partial charge in [0.1, 0.15) is 0 Å². The minimum absolute atomic E-state index is 0.598. The average Bonchev–Trinajstić information content (AvgIpc) is 3.01. The Morgan fingerprint density at radius 2 is 1.52 bits per heavy atom. The molecule has 3 fully saturated rings. The van der Waals surface area contributed by atoms with Crippen LogP contribution in [0, 0.1) is 10.8 Å². The zero-order chi connectivity index (χ0) is 14.2. The Labute approximate surface area is 129 Å². The fourth-order valence-corrected chi connectivity index (χ4v) is 5.63. The van der Waals surface area contributed by atoms with Crippen molar-refractivity contribution >= 4 is 0 Å². The number of hydrogen-bond donors (Lipinski definition) is 1. The zero-order valence-corrected chi connectivity index (χ0v) is 13.2. The molecular weight excluding hydrogens is 254 g/mol. The van der Waals surface area contributed by atoms with Gasteiger partial charge in [0.25, 0.3) is 0 Å². The molecule has 2 saturated carbocycles. The van der Waals surface area contributed by atoms with E-state index in [2.05, 4.69) is 35.6 Å². The highest BCUT2D eigenvalue weighted by molar-refractivity contribution is 5.24. The first kappa shape index (κ1) is 13.8. The van der Waals surface area contributed by atoms with Gasteiger partial charge in [0, 0.05) is 12.5 Å². The van der Waals surface area contributed by atoms with Crippen LogP contribution in [-0.4, -0.2) is 13.1 Å². The van der Waals surface area contributed by atoms with Crippen LogP contribution in [0.1, 0.15) is 69.3 Å². The molecule has 1 unspecified atom stereocenters. The molecule has 1 heteroatoms. The summed E-state index contributed by atoms with van der Waals surface area (Å²) in [7, 11) is 0. The number of piperidine rings is 1. The maximum Gasteiger partial charge on any atom is 0.00255 e. The highest BCUT2D eigenvalue weighted by Gasteiger charge is 2.48. The largest absolute Gasteiger partial charge is 0.316 e. The molecule has 1 aliphatic heterocycles. The molecule has 4 rings (SSSR count). The Morgan fingerprint density at radius 3 is 2.24 bits per heavy atom. The van der Waals surface area contributed by atoms with Crippen LogP contribution in [0.15, 0.2) is 30.3 Å². The van der Waals surface area contributed by atoms with Gasteiger partial charge in [-0.25, -0.2) is 0 Å². The molecule has 3 aliphatic rings. The van der Waals surface area contributed by atoms with Crippen molar-refractivity contribution in [2.24, 2.45) is 10.8 Å². The number of nitrogens with one attached hydrogen (secondary N) is 1. The van der Waals surface area contributed by atoms with Gasteiger partial charge in [-0.2, -0.15) is 0 Å². The topological polar surface area (TPSA) is 12.0 Å². The van der Waals surface area contributed by atoms with Gasteiger partial charge in [-0.15, -0.1) is 0 Å². The summed E-state index contributed by atoms with van der Waals surface area (Å²) in [4.78, 5) is 0. The summed E-state index contributed by atoms with van der Waals surface area (Å²) < 4.78 is 0. The monoisotopic (exact) mass is 283 g/mol. The predicted octanol–water partition coefficient (Wildman–Crippen LogP) is 4.88. The molecule has 0 radical (unpaired) electrons. The normalized spacial score (nSPS) is 30.8. The molecule has 0 amide bonds. The molecule has 2 aliphatic carbocycles. The lowest BCUT2D eigenvalue weighted by Gasteiger charge is -2.52. The first-order chi connectivity index (χ1) is 10.3. The molecule has 0 bridgehead atoms. The van der Waals surface area contributed by atoms with Gasteiger partial charge >= 0.3 is 0 Å². The van der Waals surface area contributed by atoms with Crippen molar-refractivity contribution < 1.29 is 0 Å². The molecule has 1 aromatic rings. The van der Waals surface area contributed by atoms with E-state index in [0.717, 1.165) is 11.3 Å². The minimum atomic E-state index is 0.598. The van der Waals surface area contributed by atoms with Gasteiger partial charge in [0.15, 0.2) is 0 Å². The number of hydrogen-bond acceptors (Lipinski definition) is 1. The van der Waals surface area contributed by atoms with Gasteiger partial charge in [0.05, 0.1) is 0 Å². The Balaban J connectivity index is 1.57. The van der Waals surface area contributed by atoms with Crippen LogP contribution in [0.5, 0.6) is 0 Å². The van der Waals surface area contributed by atoms with Crippen molar-refractivity contribution in [1.82, 2.24) is 5.32 Å². The van der Waals surface area contributed by atoms with E-state index in [1.54, 1.807) is 5.56 Å². The summed E-state index contributed by atoms with van der Waals surface area (Å²) in [6.45, 7) is 2.42. The highest BCUT2D eigenvalue weighted by Crippen LogP contribution is 2.59. The fraction of sp³-hybridized carbons (Fsp3) is 0.700. The van der Waals surface area contributed by atoms with Crippen LogP contribution in [0.25, 0.3) is 0 Å². The second-order valence-corrected chi connectivity index (χ2v) is 7.99. The molecule has 1 saturated heterocycles. The predicted molar refractivity (Wildman–Crippen MR) is 88.5 cm³/mol. The van der Waals surface area contributed by atoms with E-state index in [-0.39, 0.29) is 0 Å². The smallest absolute Gasteiger partial charge is 0.00255 e. The molecule has 1 nitrogen and oxygen atoms in total. The van der Waals surface area contributed by atoms with Crippen LogP contribution < -0.4 is 5.32 Å². The molecule has 21 heavy (non-hydrogen) atoms. The van der Waals surface area contributed by atoms with Gasteiger partial charge < -0.3 is 5.32 Å². The standard InChI is InChI=1S/C20H29N/c1-2-6-17(7-3-1)18-16-21-15-14-20(18)12-10-19(11-13-20)8-4-5-9-19/h1-3,6-7,18,21H,4-5,8-16H2. The van der Waals surface area contributed by atoms with Crippen molar-refractivity contribution in [2.45, 2.75) is 63.7 Å². The first-order valence-corrected chi connectivity index (χ1v) is 9.08. The minimum Gasteiger partial charge on any atom is -0.316 e. The molecular formula is C20H29N. The van der Waals surface area contributed by atoms with E-state index in [1.807, 2.05) is 0 Å². The second kappa shape index (κ2) is 5.43. The lowest BCUT2D eigenvalue weighted by Crippen LogP contribution is -2.46. The van der Waals surface area contributed by atoms with Crippen LogP contribution in [0.2, 0.25) is 0 Å². The van der Waals surface area contributed by atoms with E-state index in [0.29, 0.717) is 5.41 Å². The average molecular weight is 283 g/mol. The van der Waals surface area contributed by atoms with Gasteiger partial charge in [-0.05, 0) is 67.9 Å². The van der Waals surface area contributed by atoms with E-state index in [4.69, 9.17) is 0 Å². The van der Waals surface area contributed by atoms with Gasteiger partial charge in [-0.3, -0.25) is 0 Å². The van der Waals surface area contributed by atoms with E-state index >= 15 is 0 Å². The van der Waals surface area contributed by atoms with Crippen molar-refractivity contribution in [2.75, 3.05) is 13.1 Å². The summed E-state index contributed by atoms with van der Waals surface area (Å²) in [5.41, 5.74) is 2.93. The summed E-state index contributed by atoms with van der Waals surface area (Å²) in [6, 6.07) is 11.3. The summed E-state index contributed by atoms with van der Waals surface area (Å²) in [6.07, 6.45) is 13.4. The summed E-state index contributed by atoms with van der Waals surface area (Å²) >= 11 is 0. The van der Waals surface area contributed by atoms with Crippen LogP contribution >= 0.6 is 0 Å². The molecule has 114 valence electrons. The quantitative estimate of drug-likeness (QED) is 0.774. The van der Waals surface area contributed by atoms with Gasteiger partial charge in [-0.1, -0.05) is 43.2 Å². The Hall–Kier alpha value is -0.820. The van der Waals surface area contributed by atoms with E-state index in [1.165, 1.54) is 70.9 Å². The third kappa shape index (κ3) is 2.44. The SMILES string of the molecule is c1ccc(C2CNCCC23CCC2(CCCC2)CC3)cc1. The van der Waals surface area contributed by atoms with Crippen molar-refractivity contribution in [1.29, 1.82) is 0 Å². The van der Waals surface area contributed by atoms with Crippen LogP contribution in [-0.2, 0) is 0 Å². The molecule has 1 aromatic carbocycles. The second-order valence-electron chi connectivity index (χ2n) is 7.99. The Morgan fingerprint density at radius 1 is 0.810 bits per heavy atom. The lowest BCUT2D eigenvalue weighted by molar-refractivity contribution is 0.0363. The Bertz CT molecular complexity index is 462. The fourth-order valence-electron chi connectivity index (χ4n) is 5.63. The maximum absolute atomic E-state index is 3.67. The van der Waals surface area contributed by atoms with Gasteiger partial charge in [0.2, 0.25) is 0 Å². The van der Waals surface area contributed by atoms with Crippen molar-refractivity contribution in [3.8, 4) is 0 Å². The zero-order valence-electron chi connectivity index (χ0n) is 13.2.